The fourth-order valence-corrected chi connectivity index (χ4v) is 1.68. The first-order valence-corrected chi connectivity index (χ1v) is 6.77. The van der Waals surface area contributed by atoms with E-state index in [1.54, 1.807) is 6.20 Å². The van der Waals surface area contributed by atoms with Gasteiger partial charge < -0.3 is 19.9 Å². The van der Waals surface area contributed by atoms with Crippen molar-refractivity contribution in [2.45, 2.75) is 52.3 Å². The molecule has 1 heterocycles. The van der Waals surface area contributed by atoms with Crippen molar-refractivity contribution in [2.24, 2.45) is 7.05 Å². The predicted molar refractivity (Wildman–Crippen MR) is 78.4 cm³/mol. The zero-order valence-corrected chi connectivity index (χ0v) is 13.3. The predicted octanol–water partition coefficient (Wildman–Crippen LogP) is 1.81. The quantitative estimate of drug-likeness (QED) is 0.864. The minimum atomic E-state index is -0.486. The Morgan fingerprint density at radius 2 is 2.00 bits per heavy atom. The van der Waals surface area contributed by atoms with Gasteiger partial charge in [-0.15, -0.1) is 0 Å². The van der Waals surface area contributed by atoms with E-state index in [0.717, 1.165) is 5.82 Å². The monoisotopic (exact) mass is 282 g/mol. The molecule has 0 bridgehead atoms. The average Bonchev–Trinajstić information content (AvgIpc) is 2.60. The minimum absolute atomic E-state index is 0.395. The zero-order valence-electron chi connectivity index (χ0n) is 13.3. The number of hydrogen-bond donors (Lipinski definition) is 2. The molecular formula is C14H26N4O2. The number of rotatable bonds is 5. The van der Waals surface area contributed by atoms with Crippen LogP contribution in [0.2, 0.25) is 0 Å². The molecule has 20 heavy (non-hydrogen) atoms. The van der Waals surface area contributed by atoms with Crippen LogP contribution in [-0.4, -0.2) is 33.3 Å². The third kappa shape index (κ3) is 6.06. The highest BCUT2D eigenvalue weighted by Crippen LogP contribution is 2.09. The third-order valence-electron chi connectivity index (χ3n) is 2.61. The highest BCUT2D eigenvalue weighted by atomic mass is 16.6. The van der Waals surface area contributed by atoms with Gasteiger partial charge in [-0.05, 0) is 34.6 Å². The molecule has 6 heteroatoms. The maximum absolute atomic E-state index is 11.7. The number of aryl methyl sites for hydroxylation is 1. The van der Waals surface area contributed by atoms with Crippen molar-refractivity contribution in [3.8, 4) is 0 Å². The molecule has 0 aliphatic heterocycles. The van der Waals surface area contributed by atoms with Gasteiger partial charge >= 0.3 is 6.09 Å². The first kappa shape index (κ1) is 16.5. The Labute approximate surface area is 120 Å². The first-order chi connectivity index (χ1) is 9.09. The molecule has 6 nitrogen and oxygen atoms in total. The summed E-state index contributed by atoms with van der Waals surface area (Å²) in [7, 11) is 1.95. The minimum Gasteiger partial charge on any atom is -0.444 e. The second kappa shape index (κ2) is 6.26. The second-order valence-electron chi connectivity index (χ2n) is 6.57. The van der Waals surface area contributed by atoms with Gasteiger partial charge in [-0.3, -0.25) is 0 Å². The summed E-state index contributed by atoms with van der Waals surface area (Å²) < 4.78 is 7.21. The summed E-state index contributed by atoms with van der Waals surface area (Å²) in [5, 5.41) is 6.14. The average molecular weight is 282 g/mol. The van der Waals surface area contributed by atoms with Crippen LogP contribution in [0.5, 0.6) is 0 Å². The Bertz CT molecular complexity index is 446. The Morgan fingerprint density at radius 1 is 1.35 bits per heavy atom. The number of amides is 1. The number of nitrogens with one attached hydrogen (secondary N) is 2. The van der Waals surface area contributed by atoms with E-state index in [2.05, 4.69) is 15.6 Å². The zero-order chi connectivity index (χ0) is 15.4. The van der Waals surface area contributed by atoms with Gasteiger partial charge in [0.15, 0.2) is 0 Å². The lowest BCUT2D eigenvalue weighted by Crippen LogP contribution is -2.51. The number of aromatic nitrogens is 2. The van der Waals surface area contributed by atoms with Crippen molar-refractivity contribution >= 4 is 6.09 Å². The number of ether oxygens (including phenoxy) is 1. The lowest BCUT2D eigenvalue weighted by molar-refractivity contribution is 0.0472. The van der Waals surface area contributed by atoms with Crippen LogP contribution in [0.25, 0.3) is 0 Å². The van der Waals surface area contributed by atoms with Crippen molar-refractivity contribution < 1.29 is 9.53 Å². The van der Waals surface area contributed by atoms with E-state index in [4.69, 9.17) is 4.74 Å². The molecule has 0 radical (unpaired) electrons. The topological polar surface area (TPSA) is 68.2 Å². The lowest BCUT2D eigenvalue weighted by Gasteiger charge is -2.28. The normalized spacial score (nSPS) is 12.3. The van der Waals surface area contributed by atoms with Gasteiger partial charge in [0.25, 0.3) is 0 Å². The number of imidazole rings is 1. The molecule has 0 saturated carbocycles. The van der Waals surface area contributed by atoms with Gasteiger partial charge in [-0.2, -0.15) is 0 Å². The van der Waals surface area contributed by atoms with E-state index in [1.165, 1.54) is 0 Å². The van der Waals surface area contributed by atoms with E-state index in [0.29, 0.717) is 13.1 Å². The van der Waals surface area contributed by atoms with E-state index < -0.39 is 17.2 Å². The van der Waals surface area contributed by atoms with Crippen LogP contribution in [0.3, 0.4) is 0 Å². The molecule has 1 rings (SSSR count). The number of hydrogen-bond acceptors (Lipinski definition) is 4. The molecule has 0 aromatic carbocycles. The van der Waals surface area contributed by atoms with Gasteiger partial charge in [0, 0.05) is 26.0 Å². The summed E-state index contributed by atoms with van der Waals surface area (Å²) in [5.41, 5.74) is -0.881. The van der Waals surface area contributed by atoms with Gasteiger partial charge in [-0.25, -0.2) is 9.78 Å². The number of nitrogens with zero attached hydrogens (tertiary/aromatic N) is 2. The van der Waals surface area contributed by atoms with Gasteiger partial charge in [-0.1, -0.05) is 0 Å². The summed E-state index contributed by atoms with van der Waals surface area (Å²) in [6.07, 6.45) is 3.27. The van der Waals surface area contributed by atoms with E-state index in [9.17, 15) is 4.79 Å². The fourth-order valence-electron chi connectivity index (χ4n) is 1.68. The summed E-state index contributed by atoms with van der Waals surface area (Å²) in [5.74, 6) is 0.957. The van der Waals surface area contributed by atoms with Gasteiger partial charge in [0.2, 0.25) is 0 Å². The maximum Gasteiger partial charge on any atom is 0.408 e. The molecule has 1 aromatic heterocycles. The highest BCUT2D eigenvalue weighted by Gasteiger charge is 2.24. The molecule has 1 amide bonds. The molecular weight excluding hydrogens is 256 g/mol. The van der Waals surface area contributed by atoms with Crippen molar-refractivity contribution in [3.63, 3.8) is 0 Å². The van der Waals surface area contributed by atoms with Crippen LogP contribution in [0.15, 0.2) is 12.4 Å². The largest absolute Gasteiger partial charge is 0.444 e. The van der Waals surface area contributed by atoms with E-state index in [1.807, 2.05) is 52.4 Å². The summed E-state index contributed by atoms with van der Waals surface area (Å²) >= 11 is 0. The first-order valence-electron chi connectivity index (χ1n) is 6.77. The standard InChI is InChI=1S/C14H26N4O2/c1-13(2,3)20-12(19)17-14(4,5)10-15-9-11-16-7-8-18(11)6/h7-8,15H,9-10H2,1-6H3,(H,17,19). The van der Waals surface area contributed by atoms with Crippen molar-refractivity contribution in [2.75, 3.05) is 6.54 Å². The number of alkyl carbamates (subject to hydrolysis) is 1. The molecule has 114 valence electrons. The molecule has 1 aromatic rings. The number of carbonyl (C=O) groups excluding carboxylic acids is 1. The Morgan fingerprint density at radius 3 is 2.50 bits per heavy atom. The number of carbonyl (C=O) groups is 1. The SMILES string of the molecule is Cn1ccnc1CNCC(C)(C)NC(=O)OC(C)(C)C. The van der Waals surface area contributed by atoms with Crippen LogP contribution in [0.1, 0.15) is 40.4 Å². The van der Waals surface area contributed by atoms with Crippen LogP contribution in [0.4, 0.5) is 4.79 Å². The molecule has 0 aliphatic carbocycles. The molecule has 0 fully saturated rings. The van der Waals surface area contributed by atoms with Gasteiger partial charge in [0.1, 0.15) is 11.4 Å². The Hall–Kier alpha value is -1.56. The summed E-state index contributed by atoms with van der Waals surface area (Å²) in [6.45, 7) is 10.7. The van der Waals surface area contributed by atoms with E-state index >= 15 is 0 Å². The van der Waals surface area contributed by atoms with Crippen molar-refractivity contribution in [1.82, 2.24) is 20.2 Å². The molecule has 0 saturated heterocycles. The summed E-state index contributed by atoms with van der Waals surface area (Å²) in [6, 6.07) is 0. The Kier molecular flexibility index (Phi) is 5.16. The fraction of sp³-hybridized carbons (Fsp3) is 0.714. The lowest BCUT2D eigenvalue weighted by atomic mass is 10.1. The molecule has 0 atom stereocenters. The van der Waals surface area contributed by atoms with Crippen LogP contribution >= 0.6 is 0 Å². The van der Waals surface area contributed by atoms with Gasteiger partial charge in [0.05, 0.1) is 12.1 Å². The van der Waals surface area contributed by atoms with Crippen LogP contribution < -0.4 is 10.6 Å². The third-order valence-corrected chi connectivity index (χ3v) is 2.61. The highest BCUT2D eigenvalue weighted by molar-refractivity contribution is 5.68. The molecule has 0 unspecified atom stereocenters. The van der Waals surface area contributed by atoms with Crippen LogP contribution in [-0.2, 0) is 18.3 Å². The molecule has 0 spiro atoms. The maximum atomic E-state index is 11.7. The Balaban J connectivity index is 2.38. The smallest absolute Gasteiger partial charge is 0.408 e. The van der Waals surface area contributed by atoms with Crippen LogP contribution in [0, 0.1) is 0 Å². The van der Waals surface area contributed by atoms with Crippen molar-refractivity contribution in [3.05, 3.63) is 18.2 Å². The second-order valence-corrected chi connectivity index (χ2v) is 6.57. The molecule has 0 aliphatic rings. The molecule has 2 N–H and O–H groups in total. The summed E-state index contributed by atoms with van der Waals surface area (Å²) in [4.78, 5) is 16.0. The van der Waals surface area contributed by atoms with E-state index in [-0.39, 0.29) is 0 Å². The van der Waals surface area contributed by atoms with Crippen molar-refractivity contribution in [1.29, 1.82) is 0 Å².